The van der Waals surface area contributed by atoms with Crippen LogP contribution in [0, 0.1) is 28.6 Å². The Morgan fingerprint density at radius 1 is 1.17 bits per heavy atom. The van der Waals surface area contributed by atoms with Crippen LogP contribution in [0.3, 0.4) is 0 Å². The second-order valence-electron chi connectivity index (χ2n) is 9.18. The van der Waals surface area contributed by atoms with Crippen molar-refractivity contribution in [2.24, 2.45) is 28.6 Å². The van der Waals surface area contributed by atoms with Gasteiger partial charge in [-0.3, -0.25) is 0 Å². The summed E-state index contributed by atoms with van der Waals surface area (Å²) in [6, 6.07) is 0. The average molecular weight is 351 g/mol. The molecule has 0 amide bonds. The zero-order chi connectivity index (χ0) is 16.2. The van der Waals surface area contributed by atoms with E-state index in [2.05, 4.69) is 26.5 Å². The van der Waals surface area contributed by atoms with E-state index in [1.807, 2.05) is 0 Å². The summed E-state index contributed by atoms with van der Waals surface area (Å²) in [6.45, 7) is 9.09. The minimum atomic E-state index is 0.484. The predicted molar refractivity (Wildman–Crippen MR) is 103 cm³/mol. The van der Waals surface area contributed by atoms with E-state index in [4.69, 9.17) is 11.6 Å². The van der Waals surface area contributed by atoms with Crippen molar-refractivity contribution < 1.29 is 0 Å². The van der Waals surface area contributed by atoms with Gasteiger partial charge in [-0.25, -0.2) is 0 Å². The zero-order valence-corrected chi connectivity index (χ0v) is 16.3. The Morgan fingerprint density at radius 3 is 2.78 bits per heavy atom. The Bertz CT molecular complexity index is 538. The van der Waals surface area contributed by atoms with Gasteiger partial charge >= 0.3 is 0 Å². The number of hydrogen-bond donors (Lipinski definition) is 0. The Kier molecular flexibility index (Phi) is 4.21. The van der Waals surface area contributed by atoms with E-state index >= 15 is 0 Å². The number of halogens is 1. The molecule has 0 aromatic rings. The van der Waals surface area contributed by atoms with Gasteiger partial charge in [0.2, 0.25) is 0 Å². The van der Waals surface area contributed by atoms with Gasteiger partial charge in [0.15, 0.2) is 0 Å². The lowest BCUT2D eigenvalue weighted by Crippen LogP contribution is -2.49. The Labute approximate surface area is 151 Å². The van der Waals surface area contributed by atoms with Crippen molar-refractivity contribution in [3.63, 3.8) is 0 Å². The molecule has 3 saturated carbocycles. The first-order valence-electron chi connectivity index (χ1n) is 9.63. The maximum atomic E-state index is 6.06. The first-order valence-corrected chi connectivity index (χ1v) is 10.9. The molecule has 0 bridgehead atoms. The maximum Gasteiger partial charge on any atom is 0.0665 e. The molecule has 4 rings (SSSR count). The second kappa shape index (κ2) is 5.84. The van der Waals surface area contributed by atoms with E-state index in [9.17, 15) is 0 Å². The van der Waals surface area contributed by atoms with Crippen LogP contribution >= 0.6 is 23.4 Å². The Hall–Kier alpha value is 0.120. The molecule has 0 heterocycles. The number of hydrogen-bond acceptors (Lipinski definition) is 1. The molecule has 0 radical (unpaired) electrons. The molecule has 0 N–H and O–H groups in total. The van der Waals surface area contributed by atoms with Gasteiger partial charge in [-0.1, -0.05) is 50.1 Å². The van der Waals surface area contributed by atoms with Gasteiger partial charge in [-0.15, -0.1) is 11.8 Å². The van der Waals surface area contributed by atoms with Crippen molar-refractivity contribution in [3.05, 3.63) is 22.6 Å². The lowest BCUT2D eigenvalue weighted by Gasteiger charge is -2.57. The van der Waals surface area contributed by atoms with Crippen molar-refractivity contribution in [2.75, 3.05) is 0 Å². The molecule has 2 heteroatoms. The highest BCUT2D eigenvalue weighted by molar-refractivity contribution is 8.05. The van der Waals surface area contributed by atoms with E-state index in [0.29, 0.717) is 16.1 Å². The molecule has 4 aliphatic rings. The summed E-state index contributed by atoms with van der Waals surface area (Å²) >= 11 is 7.86. The third-order valence-corrected chi connectivity index (χ3v) is 9.39. The highest BCUT2D eigenvalue weighted by Gasteiger charge is 2.55. The summed E-state index contributed by atoms with van der Waals surface area (Å²) in [7, 11) is 0. The molecule has 6 atom stereocenters. The van der Waals surface area contributed by atoms with Gasteiger partial charge in [0.05, 0.1) is 4.36 Å². The number of allylic oxidation sites excluding steroid dienone is 2. The molecule has 23 heavy (non-hydrogen) atoms. The first kappa shape index (κ1) is 16.6. The summed E-state index contributed by atoms with van der Waals surface area (Å²) < 4.78 is 0.771. The van der Waals surface area contributed by atoms with Crippen molar-refractivity contribution in [1.82, 2.24) is 0 Å². The molecule has 3 fully saturated rings. The largest absolute Gasteiger partial charge is 0.111 e. The smallest absolute Gasteiger partial charge is 0.0665 e. The van der Waals surface area contributed by atoms with Crippen molar-refractivity contribution in [2.45, 2.75) is 76.9 Å². The normalized spacial score (nSPS) is 48.9. The molecule has 0 saturated heterocycles. The molecule has 4 aliphatic carbocycles. The topological polar surface area (TPSA) is 0 Å². The van der Waals surface area contributed by atoms with E-state index in [0.717, 1.165) is 22.1 Å². The van der Waals surface area contributed by atoms with E-state index in [-0.39, 0.29) is 0 Å². The average Bonchev–Trinajstić information content (AvgIpc) is 2.89. The summed E-state index contributed by atoms with van der Waals surface area (Å²) in [5.74, 6) is 2.92. The lowest BCUT2D eigenvalue weighted by atomic mass is 9.48. The molecular formula is C21H31ClS. The minimum absolute atomic E-state index is 0.484. The monoisotopic (exact) mass is 350 g/mol. The van der Waals surface area contributed by atoms with Crippen molar-refractivity contribution >= 4 is 23.4 Å². The highest BCUT2D eigenvalue weighted by atomic mass is 35.5. The molecule has 0 aromatic carbocycles. The van der Waals surface area contributed by atoms with Crippen LogP contribution in [0.15, 0.2) is 22.6 Å². The summed E-state index contributed by atoms with van der Waals surface area (Å²) in [6.07, 6.45) is 15.4. The highest BCUT2D eigenvalue weighted by Crippen LogP contribution is 2.65. The van der Waals surface area contributed by atoms with Crippen LogP contribution in [0.5, 0.6) is 0 Å². The van der Waals surface area contributed by atoms with E-state index in [1.165, 1.54) is 57.8 Å². The third kappa shape index (κ3) is 2.65. The SMILES string of the molecule is C=C(Cl)SC1CCC2(C)C(=CCC3C4CCCC4(C)CCC32)C1. The van der Waals surface area contributed by atoms with Crippen LogP contribution in [-0.2, 0) is 0 Å². The minimum Gasteiger partial charge on any atom is -0.111 e. The number of rotatable bonds is 2. The second-order valence-corrected chi connectivity index (χ2v) is 11.3. The van der Waals surface area contributed by atoms with Gasteiger partial charge in [-0.05, 0) is 80.0 Å². The first-order chi connectivity index (χ1) is 10.9. The fourth-order valence-electron chi connectivity index (χ4n) is 6.90. The van der Waals surface area contributed by atoms with E-state index in [1.54, 1.807) is 17.3 Å². The standard InChI is InChI=1S/C21H31ClS/c1-14(22)23-16-8-12-21(3)15(13-16)6-7-17-18-5-4-10-20(18,2)11-9-19(17)21/h6,16-19H,1,4-5,7-13H2,2-3H3. The van der Waals surface area contributed by atoms with Crippen LogP contribution < -0.4 is 0 Å². The molecule has 0 spiro atoms. The van der Waals surface area contributed by atoms with Crippen LogP contribution in [0.2, 0.25) is 0 Å². The molecule has 128 valence electrons. The van der Waals surface area contributed by atoms with Crippen LogP contribution in [0.1, 0.15) is 71.6 Å². The lowest BCUT2D eigenvalue weighted by molar-refractivity contribution is -0.0244. The van der Waals surface area contributed by atoms with Crippen LogP contribution in [0.25, 0.3) is 0 Å². The fourth-order valence-corrected chi connectivity index (χ4v) is 8.14. The van der Waals surface area contributed by atoms with Gasteiger partial charge in [0.1, 0.15) is 0 Å². The van der Waals surface area contributed by atoms with Gasteiger partial charge in [-0.2, -0.15) is 0 Å². The summed E-state index contributed by atoms with van der Waals surface area (Å²) in [4.78, 5) is 0. The third-order valence-electron chi connectivity index (χ3n) is 8.13. The molecule has 6 unspecified atom stereocenters. The summed E-state index contributed by atoms with van der Waals surface area (Å²) in [5.41, 5.74) is 2.92. The number of thioether (sulfide) groups is 1. The Morgan fingerprint density at radius 2 is 2.00 bits per heavy atom. The number of fused-ring (bicyclic) bond motifs is 5. The van der Waals surface area contributed by atoms with Gasteiger partial charge in [0.25, 0.3) is 0 Å². The molecule has 0 nitrogen and oxygen atoms in total. The summed E-state index contributed by atoms with van der Waals surface area (Å²) in [5, 5.41) is 0.663. The van der Waals surface area contributed by atoms with Gasteiger partial charge < -0.3 is 0 Å². The maximum absolute atomic E-state index is 6.06. The fraction of sp³-hybridized carbons (Fsp3) is 0.810. The molecule has 0 aromatic heterocycles. The van der Waals surface area contributed by atoms with Crippen molar-refractivity contribution in [3.8, 4) is 0 Å². The molecule has 0 aliphatic heterocycles. The Balaban J connectivity index is 1.58. The predicted octanol–water partition coefficient (Wildman–Crippen LogP) is 7.15. The van der Waals surface area contributed by atoms with Crippen LogP contribution in [0.4, 0.5) is 0 Å². The van der Waals surface area contributed by atoms with Crippen molar-refractivity contribution in [1.29, 1.82) is 0 Å². The molecular weight excluding hydrogens is 320 g/mol. The zero-order valence-electron chi connectivity index (χ0n) is 14.7. The van der Waals surface area contributed by atoms with Crippen LogP contribution in [-0.4, -0.2) is 5.25 Å². The quantitative estimate of drug-likeness (QED) is 0.476. The van der Waals surface area contributed by atoms with Gasteiger partial charge in [0, 0.05) is 5.25 Å². The van der Waals surface area contributed by atoms with E-state index < -0.39 is 0 Å².